The highest BCUT2D eigenvalue weighted by Gasteiger charge is 2.30. The third-order valence-corrected chi connectivity index (χ3v) is 6.02. The number of carbonyl (C=O) groups excluding carboxylic acids is 1. The number of benzene rings is 2. The van der Waals surface area contributed by atoms with Gasteiger partial charge in [0.25, 0.3) is 5.91 Å². The highest BCUT2D eigenvalue weighted by Crippen LogP contribution is 2.34. The van der Waals surface area contributed by atoms with Gasteiger partial charge in [-0.05, 0) is 31.2 Å². The largest absolute Gasteiger partial charge is 0.492 e. The number of fused-ring (bicyclic) bond motifs is 1. The van der Waals surface area contributed by atoms with Crippen LogP contribution >= 0.6 is 24.0 Å². The second kappa shape index (κ2) is 8.20. The minimum Gasteiger partial charge on any atom is -0.492 e. The Labute approximate surface area is 173 Å². The van der Waals surface area contributed by atoms with Crippen LogP contribution in [0.1, 0.15) is 12.5 Å². The van der Waals surface area contributed by atoms with Crippen molar-refractivity contribution in [2.24, 2.45) is 0 Å². The molecule has 0 saturated carbocycles. The summed E-state index contributed by atoms with van der Waals surface area (Å²) in [4.78, 5) is 14.9. The van der Waals surface area contributed by atoms with Crippen LogP contribution in [-0.4, -0.2) is 32.8 Å². The van der Waals surface area contributed by atoms with Gasteiger partial charge < -0.3 is 9.30 Å². The van der Waals surface area contributed by atoms with E-state index in [1.807, 2.05) is 55.5 Å². The summed E-state index contributed by atoms with van der Waals surface area (Å²) in [5.41, 5.74) is 2.14. The van der Waals surface area contributed by atoms with E-state index >= 15 is 0 Å². The van der Waals surface area contributed by atoms with E-state index in [0.717, 1.165) is 28.8 Å². The summed E-state index contributed by atoms with van der Waals surface area (Å²) < 4.78 is 8.64. The Morgan fingerprint density at radius 1 is 1.11 bits per heavy atom. The maximum atomic E-state index is 12.5. The van der Waals surface area contributed by atoms with E-state index in [1.165, 1.54) is 11.8 Å². The highest BCUT2D eigenvalue weighted by molar-refractivity contribution is 8.26. The molecular weight excluding hydrogens is 388 g/mol. The fourth-order valence-electron chi connectivity index (χ4n) is 3.27. The van der Waals surface area contributed by atoms with Crippen LogP contribution in [0.15, 0.2) is 65.7 Å². The Hall–Kier alpha value is -2.57. The number of rotatable bonds is 6. The molecule has 142 valence electrons. The van der Waals surface area contributed by atoms with Crippen LogP contribution in [0.5, 0.6) is 5.75 Å². The van der Waals surface area contributed by atoms with Crippen LogP contribution in [0.4, 0.5) is 0 Å². The van der Waals surface area contributed by atoms with Crippen molar-refractivity contribution in [3.05, 3.63) is 71.3 Å². The lowest BCUT2D eigenvalue weighted by molar-refractivity contribution is -0.121. The van der Waals surface area contributed by atoms with Gasteiger partial charge >= 0.3 is 0 Å². The number of aromatic nitrogens is 1. The van der Waals surface area contributed by atoms with Crippen LogP contribution in [-0.2, 0) is 11.3 Å². The molecule has 1 amide bonds. The molecule has 2 heterocycles. The lowest BCUT2D eigenvalue weighted by Gasteiger charge is -2.09. The molecule has 6 heteroatoms. The topological polar surface area (TPSA) is 34.5 Å². The summed E-state index contributed by atoms with van der Waals surface area (Å²) in [7, 11) is 0. The normalized spacial score (nSPS) is 15.8. The molecule has 1 saturated heterocycles. The summed E-state index contributed by atoms with van der Waals surface area (Å²) in [6.45, 7) is 3.83. The molecule has 1 aromatic heterocycles. The number of thiocarbonyl (C=S) groups is 1. The van der Waals surface area contributed by atoms with Gasteiger partial charge in [0.15, 0.2) is 0 Å². The molecule has 4 rings (SSSR count). The van der Waals surface area contributed by atoms with Crippen LogP contribution in [0.25, 0.3) is 17.0 Å². The van der Waals surface area contributed by atoms with Gasteiger partial charge in [0.1, 0.15) is 16.7 Å². The zero-order valence-corrected chi connectivity index (χ0v) is 17.1. The first-order valence-corrected chi connectivity index (χ1v) is 10.4. The number of likely N-dealkylation sites (N-methyl/N-ethyl adjacent to an activating group) is 1. The SMILES string of the molecule is CCN1C(=O)C(=Cc2cn(CCOc3ccccc3)c3ccccc23)SC1=S. The van der Waals surface area contributed by atoms with E-state index in [2.05, 4.69) is 22.9 Å². The van der Waals surface area contributed by atoms with Gasteiger partial charge in [0.2, 0.25) is 0 Å². The third kappa shape index (κ3) is 3.70. The molecule has 0 spiro atoms. The summed E-state index contributed by atoms with van der Waals surface area (Å²) in [6.07, 6.45) is 4.03. The third-order valence-electron chi connectivity index (χ3n) is 4.64. The Bertz CT molecular complexity index is 1060. The summed E-state index contributed by atoms with van der Waals surface area (Å²) in [5.74, 6) is 0.851. The fraction of sp³-hybridized carbons (Fsp3) is 0.182. The molecule has 0 unspecified atom stereocenters. The molecular formula is C22H20N2O2S2. The molecule has 0 bridgehead atoms. The van der Waals surface area contributed by atoms with Gasteiger partial charge in [-0.2, -0.15) is 0 Å². The first-order chi connectivity index (χ1) is 13.7. The van der Waals surface area contributed by atoms with Gasteiger partial charge in [-0.15, -0.1) is 0 Å². The Morgan fingerprint density at radius 3 is 2.61 bits per heavy atom. The highest BCUT2D eigenvalue weighted by atomic mass is 32.2. The summed E-state index contributed by atoms with van der Waals surface area (Å²) >= 11 is 6.69. The molecule has 3 aromatic rings. The van der Waals surface area contributed by atoms with E-state index in [9.17, 15) is 4.79 Å². The molecule has 0 N–H and O–H groups in total. The molecule has 1 aliphatic heterocycles. The van der Waals surface area contributed by atoms with Crippen LogP contribution in [0, 0.1) is 0 Å². The van der Waals surface area contributed by atoms with Crippen molar-refractivity contribution in [2.75, 3.05) is 13.2 Å². The average Bonchev–Trinajstić information content (AvgIpc) is 3.20. The quantitative estimate of drug-likeness (QED) is 0.427. The smallest absolute Gasteiger partial charge is 0.266 e. The van der Waals surface area contributed by atoms with Crippen molar-refractivity contribution in [3.8, 4) is 5.75 Å². The van der Waals surface area contributed by atoms with Crippen LogP contribution < -0.4 is 4.74 Å². The Morgan fingerprint density at radius 2 is 1.86 bits per heavy atom. The number of hydrogen-bond donors (Lipinski definition) is 0. The van der Waals surface area contributed by atoms with Crippen molar-refractivity contribution in [3.63, 3.8) is 0 Å². The van der Waals surface area contributed by atoms with Gasteiger partial charge in [-0.1, -0.05) is 60.4 Å². The lowest BCUT2D eigenvalue weighted by Crippen LogP contribution is -2.27. The van der Waals surface area contributed by atoms with E-state index in [0.29, 0.717) is 22.4 Å². The van der Waals surface area contributed by atoms with Gasteiger partial charge in [-0.25, -0.2) is 0 Å². The maximum Gasteiger partial charge on any atom is 0.266 e. The first-order valence-electron chi connectivity index (χ1n) is 9.18. The number of nitrogens with zero attached hydrogens (tertiary/aromatic N) is 2. The molecule has 0 radical (unpaired) electrons. The molecule has 2 aromatic carbocycles. The predicted molar refractivity (Wildman–Crippen MR) is 119 cm³/mol. The molecule has 0 aliphatic carbocycles. The Kier molecular flexibility index (Phi) is 5.50. The number of hydrogen-bond acceptors (Lipinski definition) is 4. The van der Waals surface area contributed by atoms with E-state index in [4.69, 9.17) is 17.0 Å². The molecule has 4 nitrogen and oxygen atoms in total. The fourth-order valence-corrected chi connectivity index (χ4v) is 4.64. The lowest BCUT2D eigenvalue weighted by atomic mass is 10.1. The number of carbonyl (C=O) groups is 1. The van der Waals surface area contributed by atoms with Crippen molar-refractivity contribution in [2.45, 2.75) is 13.5 Å². The molecule has 1 fully saturated rings. The zero-order chi connectivity index (χ0) is 19.5. The number of para-hydroxylation sites is 2. The van der Waals surface area contributed by atoms with Gasteiger partial charge in [0, 0.05) is 29.2 Å². The van der Waals surface area contributed by atoms with E-state index in [1.54, 1.807) is 4.90 Å². The van der Waals surface area contributed by atoms with Crippen LogP contribution in [0.3, 0.4) is 0 Å². The van der Waals surface area contributed by atoms with Gasteiger partial charge in [-0.3, -0.25) is 9.69 Å². The maximum absolute atomic E-state index is 12.5. The molecule has 0 atom stereocenters. The summed E-state index contributed by atoms with van der Waals surface area (Å²) in [6, 6.07) is 18.0. The van der Waals surface area contributed by atoms with Crippen molar-refractivity contribution in [1.82, 2.24) is 9.47 Å². The standard InChI is InChI=1S/C22H20N2O2S2/c1-2-24-21(25)20(28-22(24)27)14-16-15-23(19-11-7-6-10-18(16)19)12-13-26-17-8-4-3-5-9-17/h3-11,14-15H,2,12-13H2,1H3. The number of amides is 1. The van der Waals surface area contributed by atoms with E-state index < -0.39 is 0 Å². The first kappa shape index (κ1) is 18.8. The number of thioether (sulfide) groups is 1. The average molecular weight is 409 g/mol. The predicted octanol–water partition coefficient (Wildman–Crippen LogP) is 4.94. The minimum absolute atomic E-state index is 0.0123. The molecule has 28 heavy (non-hydrogen) atoms. The monoisotopic (exact) mass is 408 g/mol. The molecule has 1 aliphatic rings. The van der Waals surface area contributed by atoms with Crippen molar-refractivity contribution in [1.29, 1.82) is 0 Å². The van der Waals surface area contributed by atoms with Gasteiger partial charge in [0.05, 0.1) is 11.4 Å². The zero-order valence-electron chi connectivity index (χ0n) is 15.5. The number of ether oxygens (including phenoxy) is 1. The second-order valence-electron chi connectivity index (χ2n) is 6.38. The van der Waals surface area contributed by atoms with Crippen molar-refractivity contribution >= 4 is 51.2 Å². The second-order valence-corrected chi connectivity index (χ2v) is 8.06. The van der Waals surface area contributed by atoms with Crippen LogP contribution in [0.2, 0.25) is 0 Å². The van der Waals surface area contributed by atoms with E-state index in [-0.39, 0.29) is 5.91 Å². The Balaban J connectivity index is 1.59. The minimum atomic E-state index is -0.0123. The van der Waals surface area contributed by atoms with Crippen molar-refractivity contribution < 1.29 is 9.53 Å². The summed E-state index contributed by atoms with van der Waals surface area (Å²) in [5, 5.41) is 1.11.